The van der Waals surface area contributed by atoms with Crippen LogP contribution in [0.25, 0.3) is 0 Å². The van der Waals surface area contributed by atoms with Crippen LogP contribution in [0.4, 0.5) is 0 Å². The third-order valence-electron chi connectivity index (χ3n) is 8.20. The summed E-state index contributed by atoms with van der Waals surface area (Å²) < 4.78 is 24.1. The van der Waals surface area contributed by atoms with Crippen molar-refractivity contribution in [1.29, 1.82) is 0 Å². The normalized spacial score (nSPS) is 33.7. The van der Waals surface area contributed by atoms with Gasteiger partial charge < -0.3 is 18.6 Å². The quantitative estimate of drug-likeness (QED) is 0.287. The van der Waals surface area contributed by atoms with Crippen molar-refractivity contribution in [3.8, 4) is 0 Å². The lowest BCUT2D eigenvalue weighted by atomic mass is 9.89. The van der Waals surface area contributed by atoms with Crippen LogP contribution in [0, 0.1) is 11.8 Å². The van der Waals surface area contributed by atoms with E-state index >= 15 is 0 Å². The molecule has 6 atom stereocenters. The van der Waals surface area contributed by atoms with Gasteiger partial charge in [0.05, 0.1) is 13.2 Å². The third-order valence-corrected chi connectivity index (χ3v) is 14.4. The van der Waals surface area contributed by atoms with Crippen LogP contribution in [0.15, 0.2) is 0 Å². The van der Waals surface area contributed by atoms with Crippen molar-refractivity contribution < 1.29 is 23.4 Å². The Hall–Kier alpha value is -0.0831. The lowest BCUT2D eigenvalue weighted by Crippen LogP contribution is -2.44. The van der Waals surface area contributed by atoms with Gasteiger partial charge in [0.1, 0.15) is 0 Å². The third kappa shape index (κ3) is 6.97. The number of hydrogen-bond donors (Lipinski definition) is 0. The summed E-state index contributed by atoms with van der Waals surface area (Å²) in [7, 11) is -0.319. The molecule has 0 aromatic carbocycles. The SMILES string of the molecule is COC(=O)CCC[C@H]1CC[C@@H]2[C@@H](CO[Si](C)(C)C(C)(C)C)[C@H](OC3CCCCO3)C[C@@H]2S1. The highest BCUT2D eigenvalue weighted by atomic mass is 32.2. The van der Waals surface area contributed by atoms with Gasteiger partial charge in [-0.15, -0.1) is 0 Å². The predicted octanol–water partition coefficient (Wildman–Crippen LogP) is 6.16. The largest absolute Gasteiger partial charge is 0.469 e. The number of esters is 1. The Morgan fingerprint density at radius 3 is 2.59 bits per heavy atom. The Kier molecular flexibility index (Phi) is 9.58. The Labute approximate surface area is 201 Å². The summed E-state index contributed by atoms with van der Waals surface area (Å²) in [4.78, 5) is 11.5. The smallest absolute Gasteiger partial charge is 0.305 e. The van der Waals surface area contributed by atoms with Crippen molar-refractivity contribution >= 4 is 26.0 Å². The summed E-state index contributed by atoms with van der Waals surface area (Å²) in [5.74, 6) is 1.03. The number of fused-ring (bicyclic) bond motifs is 1. The summed E-state index contributed by atoms with van der Waals surface area (Å²) in [6, 6.07) is 0. The first kappa shape index (κ1) is 26.5. The molecule has 5 nitrogen and oxygen atoms in total. The molecule has 2 heterocycles. The van der Waals surface area contributed by atoms with Gasteiger partial charge in [0, 0.05) is 36.1 Å². The molecule has 1 aliphatic carbocycles. The second-order valence-electron chi connectivity index (χ2n) is 11.4. The lowest BCUT2D eigenvalue weighted by Gasteiger charge is -2.39. The number of thioether (sulfide) groups is 1. The van der Waals surface area contributed by atoms with Crippen LogP contribution in [0.1, 0.15) is 78.6 Å². The Bertz CT molecular complexity index is 602. The monoisotopic (exact) mass is 486 g/mol. The van der Waals surface area contributed by atoms with Crippen molar-refractivity contribution in [2.75, 3.05) is 20.3 Å². The zero-order valence-corrected chi connectivity index (χ0v) is 23.0. The van der Waals surface area contributed by atoms with Gasteiger partial charge in [-0.3, -0.25) is 4.79 Å². The molecule has 3 rings (SSSR count). The minimum atomic E-state index is -1.79. The predicted molar refractivity (Wildman–Crippen MR) is 133 cm³/mol. The van der Waals surface area contributed by atoms with E-state index in [-0.39, 0.29) is 23.4 Å². The molecule has 0 aromatic rings. The molecular formula is C25H46O5SSi. The molecule has 0 radical (unpaired) electrons. The Morgan fingerprint density at radius 1 is 1.16 bits per heavy atom. The number of ether oxygens (including phenoxy) is 3. The van der Waals surface area contributed by atoms with E-state index in [2.05, 4.69) is 45.6 Å². The molecule has 1 unspecified atom stereocenters. The van der Waals surface area contributed by atoms with Gasteiger partial charge in [-0.2, -0.15) is 11.8 Å². The van der Waals surface area contributed by atoms with Crippen LogP contribution in [0.2, 0.25) is 18.1 Å². The number of hydrogen-bond acceptors (Lipinski definition) is 6. The van der Waals surface area contributed by atoms with Crippen molar-refractivity contribution in [3.63, 3.8) is 0 Å². The molecule has 0 bridgehead atoms. The highest BCUT2D eigenvalue weighted by molar-refractivity contribution is 8.00. The second-order valence-corrected chi connectivity index (χ2v) is 17.8. The molecule has 0 spiro atoms. The standard InChI is InChI=1S/C25H46O5SSi/c1-25(2,3)32(5,6)29-17-20-19-14-13-18(10-9-11-23(26)27-4)31-22(19)16-21(20)30-24-12-7-8-15-28-24/h18-22,24H,7-17H2,1-6H3/t18-,19+,20+,21+,22-,24?/m0/s1. The van der Waals surface area contributed by atoms with Crippen LogP contribution in [-0.2, 0) is 23.4 Å². The maximum atomic E-state index is 11.5. The molecule has 7 heteroatoms. The number of rotatable bonds is 9. The molecule has 3 aliphatic rings. The molecule has 32 heavy (non-hydrogen) atoms. The zero-order valence-electron chi connectivity index (χ0n) is 21.2. The Balaban J connectivity index is 1.61. The average Bonchev–Trinajstić information content (AvgIpc) is 3.08. The van der Waals surface area contributed by atoms with E-state index in [0.29, 0.717) is 28.8 Å². The van der Waals surface area contributed by atoms with E-state index in [0.717, 1.165) is 45.3 Å². The molecule has 0 N–H and O–H groups in total. The summed E-state index contributed by atoms with van der Waals surface area (Å²) in [5.41, 5.74) is 0. The van der Waals surface area contributed by atoms with Gasteiger partial charge in [0.15, 0.2) is 14.6 Å². The van der Waals surface area contributed by atoms with E-state index in [9.17, 15) is 4.79 Å². The molecule has 1 saturated carbocycles. The van der Waals surface area contributed by atoms with Crippen LogP contribution < -0.4 is 0 Å². The second kappa shape index (κ2) is 11.6. The van der Waals surface area contributed by atoms with Gasteiger partial charge in [0.2, 0.25) is 0 Å². The molecule has 0 aromatic heterocycles. The van der Waals surface area contributed by atoms with E-state index < -0.39 is 8.32 Å². The van der Waals surface area contributed by atoms with Gasteiger partial charge in [-0.1, -0.05) is 20.8 Å². The van der Waals surface area contributed by atoms with Gasteiger partial charge >= 0.3 is 5.97 Å². The van der Waals surface area contributed by atoms with Gasteiger partial charge in [0.25, 0.3) is 0 Å². The highest BCUT2D eigenvalue weighted by Crippen LogP contribution is 2.51. The lowest BCUT2D eigenvalue weighted by molar-refractivity contribution is -0.197. The summed E-state index contributed by atoms with van der Waals surface area (Å²) in [6.45, 7) is 13.3. The minimum absolute atomic E-state index is 0.0369. The fourth-order valence-corrected chi connectivity index (χ4v) is 8.04. The van der Waals surface area contributed by atoms with Crippen molar-refractivity contribution in [2.45, 2.75) is 120 Å². The van der Waals surface area contributed by atoms with Crippen LogP contribution >= 0.6 is 11.8 Å². The van der Waals surface area contributed by atoms with E-state index in [4.69, 9.17) is 18.6 Å². The van der Waals surface area contributed by atoms with Crippen LogP contribution in [0.5, 0.6) is 0 Å². The molecule has 3 fully saturated rings. The number of carbonyl (C=O) groups excluding carboxylic acids is 1. The van der Waals surface area contributed by atoms with Crippen molar-refractivity contribution in [3.05, 3.63) is 0 Å². The topological polar surface area (TPSA) is 54.0 Å². The van der Waals surface area contributed by atoms with Crippen LogP contribution in [0.3, 0.4) is 0 Å². The summed E-state index contributed by atoms with van der Waals surface area (Å²) >= 11 is 2.15. The first-order chi connectivity index (χ1) is 15.1. The highest BCUT2D eigenvalue weighted by Gasteiger charge is 2.49. The van der Waals surface area contributed by atoms with Crippen LogP contribution in [-0.4, -0.2) is 57.5 Å². The van der Waals surface area contributed by atoms with Gasteiger partial charge in [-0.25, -0.2) is 0 Å². The maximum Gasteiger partial charge on any atom is 0.305 e. The maximum absolute atomic E-state index is 11.5. The average molecular weight is 487 g/mol. The molecule has 2 saturated heterocycles. The van der Waals surface area contributed by atoms with Crippen molar-refractivity contribution in [1.82, 2.24) is 0 Å². The van der Waals surface area contributed by atoms with Gasteiger partial charge in [-0.05, 0) is 75.4 Å². The number of carbonyl (C=O) groups is 1. The first-order valence-corrected chi connectivity index (χ1v) is 16.6. The zero-order chi connectivity index (χ0) is 23.4. The fourth-order valence-electron chi connectivity index (χ4n) is 5.09. The van der Waals surface area contributed by atoms with E-state index in [1.807, 2.05) is 0 Å². The fraction of sp³-hybridized carbons (Fsp3) is 0.960. The summed E-state index contributed by atoms with van der Waals surface area (Å²) in [6.07, 6.45) is 9.72. The molecule has 0 amide bonds. The first-order valence-electron chi connectivity index (χ1n) is 12.7. The van der Waals surface area contributed by atoms with E-state index in [1.165, 1.54) is 26.4 Å². The Morgan fingerprint density at radius 2 is 1.94 bits per heavy atom. The van der Waals surface area contributed by atoms with E-state index in [1.54, 1.807) is 0 Å². The molecule has 186 valence electrons. The molecule has 2 aliphatic heterocycles. The number of methoxy groups -OCH3 is 1. The van der Waals surface area contributed by atoms with Crippen molar-refractivity contribution in [2.24, 2.45) is 11.8 Å². The molecular weight excluding hydrogens is 440 g/mol. The summed E-state index contributed by atoms with van der Waals surface area (Å²) in [5, 5.41) is 1.50. The minimum Gasteiger partial charge on any atom is -0.469 e.